The molecule has 2 fully saturated rings. The van der Waals surface area contributed by atoms with Crippen LogP contribution in [0.5, 0.6) is 11.5 Å². The molecule has 2 unspecified atom stereocenters. The number of thiol groups is 1. The number of rotatable bonds is 7. The van der Waals surface area contributed by atoms with Crippen LogP contribution in [-0.2, 0) is 19.6 Å². The maximum atomic E-state index is 11.0. The molecule has 3 aromatic rings. The number of hydrogen-bond donors (Lipinski definition) is 2. The van der Waals surface area contributed by atoms with E-state index in [1.54, 1.807) is 0 Å². The summed E-state index contributed by atoms with van der Waals surface area (Å²) in [6.45, 7) is 1.53. The molecule has 0 radical (unpaired) electrons. The van der Waals surface area contributed by atoms with E-state index in [4.69, 9.17) is 36.1 Å². The number of halogens is 3. The first kappa shape index (κ1) is 30.2. The SMILES string of the molecule is O=S(=O)(O)CC(F)(F)F.Sc1cccc(-c2cccc(OC3CCCO3)c2)c1-c1cccc(OC2CCCO2)c1. The van der Waals surface area contributed by atoms with Gasteiger partial charge in [0.15, 0.2) is 18.3 Å². The van der Waals surface area contributed by atoms with Crippen LogP contribution in [-0.4, -0.2) is 50.7 Å². The molecule has 1 N–H and O–H groups in total. The van der Waals surface area contributed by atoms with E-state index in [0.717, 1.165) is 77.5 Å². The zero-order valence-corrected chi connectivity index (χ0v) is 23.1. The Morgan fingerprint density at radius 3 is 1.85 bits per heavy atom. The molecule has 2 heterocycles. The first-order chi connectivity index (χ1) is 19.0. The van der Waals surface area contributed by atoms with Crippen molar-refractivity contribution in [1.82, 2.24) is 0 Å². The van der Waals surface area contributed by atoms with Gasteiger partial charge in [0.25, 0.3) is 10.1 Å². The molecule has 0 spiro atoms. The van der Waals surface area contributed by atoms with Gasteiger partial charge in [-0.15, -0.1) is 12.6 Å². The second-order valence-electron chi connectivity index (χ2n) is 9.22. The second-order valence-corrected chi connectivity index (χ2v) is 11.2. The Morgan fingerprint density at radius 2 is 1.38 bits per heavy atom. The lowest BCUT2D eigenvalue weighted by atomic mass is 9.94. The maximum Gasteiger partial charge on any atom is 0.405 e. The second kappa shape index (κ2) is 13.3. The summed E-state index contributed by atoms with van der Waals surface area (Å²) in [5.41, 5.74) is 4.30. The molecule has 0 amide bonds. The standard InChI is InChI=1S/C26H26O4S.C2H3F3O3S/c31-23-11-3-10-22(18-6-1-8-20(16-18)29-24-12-4-14-27-24)26(23)19-7-2-9-21(17-19)30-25-13-5-15-28-25;3-2(4,5)1-9(6,7)8/h1-3,6-11,16-17,24-25,31H,4-5,12-15H2;1H2,(H,6,7,8). The molecule has 7 nitrogen and oxygen atoms in total. The van der Waals surface area contributed by atoms with E-state index in [1.165, 1.54) is 0 Å². The topological polar surface area (TPSA) is 91.3 Å². The Kier molecular flexibility index (Phi) is 10.0. The average molecular weight is 599 g/mol. The van der Waals surface area contributed by atoms with Gasteiger partial charge in [-0.05, 0) is 59.9 Å². The van der Waals surface area contributed by atoms with Gasteiger partial charge >= 0.3 is 6.18 Å². The number of alkyl halides is 3. The summed E-state index contributed by atoms with van der Waals surface area (Å²) in [6, 6.07) is 22.5. The first-order valence-corrected chi connectivity index (χ1v) is 14.6. The van der Waals surface area contributed by atoms with E-state index in [0.29, 0.717) is 0 Å². The van der Waals surface area contributed by atoms with Gasteiger partial charge in [0.2, 0.25) is 0 Å². The van der Waals surface area contributed by atoms with Crippen molar-refractivity contribution in [2.24, 2.45) is 0 Å². The van der Waals surface area contributed by atoms with Gasteiger partial charge in [0, 0.05) is 23.3 Å². The predicted molar refractivity (Wildman–Crippen MR) is 146 cm³/mol. The third kappa shape index (κ3) is 9.13. The zero-order valence-electron chi connectivity index (χ0n) is 21.3. The van der Waals surface area contributed by atoms with Gasteiger partial charge in [-0.3, -0.25) is 4.55 Å². The van der Waals surface area contributed by atoms with Crippen LogP contribution in [0.2, 0.25) is 0 Å². The monoisotopic (exact) mass is 598 g/mol. The van der Waals surface area contributed by atoms with Crippen LogP contribution in [0.4, 0.5) is 13.2 Å². The molecule has 2 atom stereocenters. The lowest BCUT2D eigenvalue weighted by Crippen LogP contribution is -2.21. The van der Waals surface area contributed by atoms with Crippen molar-refractivity contribution >= 4 is 22.7 Å². The minimum atomic E-state index is -4.91. The van der Waals surface area contributed by atoms with Crippen molar-refractivity contribution in [3.05, 3.63) is 66.7 Å². The van der Waals surface area contributed by atoms with Crippen LogP contribution in [0, 0.1) is 0 Å². The van der Waals surface area contributed by atoms with Crippen LogP contribution in [0.3, 0.4) is 0 Å². The van der Waals surface area contributed by atoms with Crippen molar-refractivity contribution in [3.63, 3.8) is 0 Å². The Labute approximate surface area is 236 Å². The summed E-state index contributed by atoms with van der Waals surface area (Å²) >= 11 is 4.78. The van der Waals surface area contributed by atoms with E-state index < -0.39 is 22.0 Å². The predicted octanol–water partition coefficient (Wildman–Crippen LogP) is 6.78. The summed E-state index contributed by atoms with van der Waals surface area (Å²) < 4.78 is 82.9. The molecule has 3 aromatic carbocycles. The van der Waals surface area contributed by atoms with E-state index in [9.17, 15) is 21.6 Å². The highest BCUT2D eigenvalue weighted by molar-refractivity contribution is 7.85. The summed E-state index contributed by atoms with van der Waals surface area (Å²) in [6.07, 6.45) is -1.23. The third-order valence-electron chi connectivity index (χ3n) is 5.97. The minimum Gasteiger partial charge on any atom is -0.465 e. The Hall–Kier alpha value is -2.77. The van der Waals surface area contributed by atoms with E-state index in [2.05, 4.69) is 30.3 Å². The molecular weight excluding hydrogens is 569 g/mol. The van der Waals surface area contributed by atoms with Crippen molar-refractivity contribution in [3.8, 4) is 33.8 Å². The van der Waals surface area contributed by atoms with Crippen molar-refractivity contribution in [1.29, 1.82) is 0 Å². The Bertz CT molecular complexity index is 1380. The largest absolute Gasteiger partial charge is 0.465 e. The lowest BCUT2D eigenvalue weighted by molar-refractivity contribution is -0.107. The van der Waals surface area contributed by atoms with E-state index >= 15 is 0 Å². The zero-order chi connectivity index (χ0) is 28.8. The molecule has 5 rings (SSSR count). The highest BCUT2D eigenvalue weighted by atomic mass is 32.2. The van der Waals surface area contributed by atoms with Gasteiger partial charge in [0.05, 0.1) is 13.2 Å². The smallest absolute Gasteiger partial charge is 0.405 e. The van der Waals surface area contributed by atoms with Gasteiger partial charge < -0.3 is 18.9 Å². The van der Waals surface area contributed by atoms with Gasteiger partial charge in [-0.25, -0.2) is 0 Å². The molecule has 40 heavy (non-hydrogen) atoms. The Morgan fingerprint density at radius 1 is 0.850 bits per heavy atom. The summed E-state index contributed by atoms with van der Waals surface area (Å²) in [5, 5.41) is 0. The Balaban J connectivity index is 0.000000357. The van der Waals surface area contributed by atoms with Crippen LogP contribution in [0.25, 0.3) is 22.3 Å². The van der Waals surface area contributed by atoms with Gasteiger partial charge in [0.1, 0.15) is 11.5 Å². The van der Waals surface area contributed by atoms with Crippen molar-refractivity contribution < 1.29 is 45.1 Å². The van der Waals surface area contributed by atoms with Crippen LogP contribution in [0.15, 0.2) is 71.6 Å². The number of hydrogen-bond acceptors (Lipinski definition) is 7. The minimum absolute atomic E-state index is 0.155. The summed E-state index contributed by atoms with van der Waals surface area (Å²) in [4.78, 5) is 0.914. The molecule has 2 aliphatic heterocycles. The number of benzene rings is 3. The molecule has 0 aromatic heterocycles. The molecule has 216 valence electrons. The molecule has 0 bridgehead atoms. The van der Waals surface area contributed by atoms with Crippen molar-refractivity contribution in [2.75, 3.05) is 19.0 Å². The average Bonchev–Trinajstić information content (AvgIpc) is 3.57. The third-order valence-corrected chi connectivity index (χ3v) is 7.03. The first-order valence-electron chi connectivity index (χ1n) is 12.6. The summed E-state index contributed by atoms with van der Waals surface area (Å²) in [5.74, 6) is -0.558. The maximum absolute atomic E-state index is 11.0. The fourth-order valence-corrected chi connectivity index (χ4v) is 5.09. The lowest BCUT2D eigenvalue weighted by Gasteiger charge is -2.17. The van der Waals surface area contributed by atoms with Crippen molar-refractivity contribution in [2.45, 2.75) is 49.3 Å². The molecular formula is C28H29F3O7S2. The fourth-order valence-electron chi connectivity index (χ4n) is 4.34. The molecule has 12 heteroatoms. The number of ether oxygens (including phenoxy) is 4. The van der Waals surface area contributed by atoms with Crippen LogP contribution in [0.1, 0.15) is 25.7 Å². The highest BCUT2D eigenvalue weighted by Crippen LogP contribution is 2.39. The highest BCUT2D eigenvalue weighted by Gasteiger charge is 2.34. The van der Waals surface area contributed by atoms with Gasteiger partial charge in [-0.1, -0.05) is 36.4 Å². The molecule has 0 aliphatic carbocycles. The van der Waals surface area contributed by atoms with Crippen LogP contribution < -0.4 is 9.47 Å². The molecule has 2 saturated heterocycles. The fraction of sp³-hybridized carbons (Fsp3) is 0.357. The quantitative estimate of drug-likeness (QED) is 0.229. The van der Waals surface area contributed by atoms with Gasteiger partial charge in [-0.2, -0.15) is 21.6 Å². The van der Waals surface area contributed by atoms with Crippen LogP contribution >= 0.6 is 12.6 Å². The summed E-state index contributed by atoms with van der Waals surface area (Å²) in [7, 11) is -4.91. The van der Waals surface area contributed by atoms with E-state index in [-0.39, 0.29) is 12.6 Å². The van der Waals surface area contributed by atoms with E-state index in [1.807, 2.05) is 36.4 Å². The molecule has 2 aliphatic rings. The normalized spacial score (nSPS) is 19.1. The molecule has 0 saturated carbocycles.